The van der Waals surface area contributed by atoms with Crippen LogP contribution in [0.25, 0.3) is 0 Å². The second-order valence-corrected chi connectivity index (χ2v) is 5.05. The molecular weight excluding hydrogens is 220 g/mol. The van der Waals surface area contributed by atoms with Crippen LogP contribution < -0.4 is 0 Å². The van der Waals surface area contributed by atoms with E-state index in [-0.39, 0.29) is 5.91 Å². The van der Waals surface area contributed by atoms with Gasteiger partial charge >= 0.3 is 0 Å². The van der Waals surface area contributed by atoms with Crippen LogP contribution in [0.2, 0.25) is 4.47 Å². The Kier molecular flexibility index (Phi) is 3.03. The minimum Gasteiger partial charge on any atom is -0.337 e. The molecule has 0 radical (unpaired) electrons. The van der Waals surface area contributed by atoms with Gasteiger partial charge in [0.1, 0.15) is 0 Å². The van der Waals surface area contributed by atoms with Gasteiger partial charge in [-0.15, -0.1) is 11.3 Å². The lowest BCUT2D eigenvalue weighted by Crippen LogP contribution is -2.34. The molecule has 1 fully saturated rings. The summed E-state index contributed by atoms with van der Waals surface area (Å²) in [6.45, 7) is 1.54. The molecule has 0 bridgehead atoms. The first kappa shape index (κ1) is 9.93. The number of likely N-dealkylation sites (tertiary alicyclic amines) is 1. The number of hydrogen-bond acceptors (Lipinski definition) is 3. The molecule has 0 aliphatic carbocycles. The van der Waals surface area contributed by atoms with E-state index in [1.807, 2.05) is 4.90 Å². The Morgan fingerprint density at radius 3 is 3.07 bits per heavy atom. The van der Waals surface area contributed by atoms with Crippen molar-refractivity contribution in [1.82, 2.24) is 9.88 Å². The van der Waals surface area contributed by atoms with Gasteiger partial charge in [-0.3, -0.25) is 4.79 Å². The number of aromatic nitrogens is 1. The number of piperidine rings is 1. The molecule has 0 aromatic carbocycles. The minimum absolute atomic E-state index is 0.251. The van der Waals surface area contributed by atoms with Crippen LogP contribution in [0.15, 0.2) is 6.20 Å². The fraction of sp³-hybridized carbons (Fsp3) is 0.556. The maximum atomic E-state index is 11.5. The zero-order valence-corrected chi connectivity index (χ0v) is 9.27. The molecule has 2 rings (SSSR count). The molecule has 0 spiro atoms. The highest BCUT2D eigenvalue weighted by atomic mass is 35.5. The highest BCUT2D eigenvalue weighted by molar-refractivity contribution is 7.15. The van der Waals surface area contributed by atoms with Crippen molar-refractivity contribution in [2.45, 2.75) is 25.8 Å². The summed E-state index contributed by atoms with van der Waals surface area (Å²) >= 11 is 7.16. The molecule has 1 aliphatic heterocycles. The fourth-order valence-corrected chi connectivity index (χ4v) is 2.57. The number of halogens is 1. The zero-order chi connectivity index (χ0) is 9.97. The van der Waals surface area contributed by atoms with Gasteiger partial charge in [0, 0.05) is 24.0 Å². The van der Waals surface area contributed by atoms with Crippen molar-refractivity contribution in [1.29, 1.82) is 0 Å². The predicted molar refractivity (Wildman–Crippen MR) is 56.4 cm³/mol. The summed E-state index contributed by atoms with van der Waals surface area (Å²) in [5.74, 6) is 0.251. The van der Waals surface area contributed by atoms with Crippen LogP contribution in [-0.4, -0.2) is 22.3 Å². The molecule has 1 amide bonds. The van der Waals surface area contributed by atoms with Crippen LogP contribution in [0.5, 0.6) is 0 Å². The SMILES string of the molecule is O=C1CCCCN1Cc1cnc(Cl)s1. The van der Waals surface area contributed by atoms with Crippen molar-refractivity contribution in [3.63, 3.8) is 0 Å². The molecule has 1 aliphatic rings. The van der Waals surface area contributed by atoms with E-state index in [2.05, 4.69) is 4.98 Å². The molecule has 76 valence electrons. The van der Waals surface area contributed by atoms with Crippen LogP contribution >= 0.6 is 22.9 Å². The monoisotopic (exact) mass is 230 g/mol. The Morgan fingerprint density at radius 2 is 2.43 bits per heavy atom. The smallest absolute Gasteiger partial charge is 0.222 e. The largest absolute Gasteiger partial charge is 0.337 e. The number of thiazole rings is 1. The Balaban J connectivity index is 1.99. The maximum absolute atomic E-state index is 11.5. The molecule has 5 heteroatoms. The Hall–Kier alpha value is -0.610. The number of nitrogens with zero attached hydrogens (tertiary/aromatic N) is 2. The average Bonchev–Trinajstić information content (AvgIpc) is 2.56. The maximum Gasteiger partial charge on any atom is 0.222 e. The molecule has 14 heavy (non-hydrogen) atoms. The first-order valence-electron chi connectivity index (χ1n) is 4.64. The number of hydrogen-bond donors (Lipinski definition) is 0. The molecule has 1 aromatic heterocycles. The van der Waals surface area contributed by atoms with Gasteiger partial charge in [0.25, 0.3) is 0 Å². The first-order chi connectivity index (χ1) is 6.75. The van der Waals surface area contributed by atoms with Crippen molar-refractivity contribution >= 4 is 28.8 Å². The average molecular weight is 231 g/mol. The normalized spacial score (nSPS) is 17.5. The summed E-state index contributed by atoms with van der Waals surface area (Å²) in [5, 5.41) is 0. The Labute approximate surface area is 91.7 Å². The highest BCUT2D eigenvalue weighted by Crippen LogP contribution is 2.21. The summed E-state index contributed by atoms with van der Waals surface area (Å²) < 4.78 is 0.546. The molecule has 0 saturated carbocycles. The molecule has 0 N–H and O–H groups in total. The number of carbonyl (C=O) groups is 1. The quantitative estimate of drug-likeness (QED) is 0.781. The minimum atomic E-state index is 0.251. The van der Waals surface area contributed by atoms with E-state index >= 15 is 0 Å². The van der Waals surface area contributed by atoms with Gasteiger partial charge in [-0.05, 0) is 12.8 Å². The number of rotatable bonds is 2. The van der Waals surface area contributed by atoms with Crippen molar-refractivity contribution in [2.24, 2.45) is 0 Å². The molecule has 1 saturated heterocycles. The summed E-state index contributed by atoms with van der Waals surface area (Å²) in [6.07, 6.45) is 4.57. The summed E-state index contributed by atoms with van der Waals surface area (Å²) in [5.41, 5.74) is 0. The second-order valence-electron chi connectivity index (χ2n) is 3.35. The molecule has 1 aromatic rings. The van der Waals surface area contributed by atoms with Crippen LogP contribution in [0.1, 0.15) is 24.1 Å². The van der Waals surface area contributed by atoms with Gasteiger partial charge < -0.3 is 4.90 Å². The standard InChI is InChI=1S/C9H11ClN2OS/c10-9-11-5-7(14-9)6-12-4-2-1-3-8(12)13/h5H,1-4,6H2. The molecular formula is C9H11ClN2OS. The molecule has 0 atom stereocenters. The zero-order valence-electron chi connectivity index (χ0n) is 7.70. The lowest BCUT2D eigenvalue weighted by molar-refractivity contribution is -0.133. The number of amides is 1. The van der Waals surface area contributed by atoms with E-state index in [0.29, 0.717) is 17.4 Å². The molecule has 2 heterocycles. The Morgan fingerprint density at radius 1 is 1.57 bits per heavy atom. The van der Waals surface area contributed by atoms with Gasteiger partial charge in [-0.25, -0.2) is 4.98 Å². The fourth-order valence-electron chi connectivity index (χ4n) is 1.57. The summed E-state index contributed by atoms with van der Waals surface area (Å²) in [6, 6.07) is 0. The van der Waals surface area contributed by atoms with Gasteiger partial charge in [0.05, 0.1) is 6.54 Å². The summed E-state index contributed by atoms with van der Waals surface area (Å²) in [7, 11) is 0. The van der Waals surface area contributed by atoms with Crippen LogP contribution in [-0.2, 0) is 11.3 Å². The Bertz CT molecular complexity index is 339. The van der Waals surface area contributed by atoms with E-state index in [0.717, 1.165) is 24.3 Å². The van der Waals surface area contributed by atoms with Crippen molar-refractivity contribution in [3.8, 4) is 0 Å². The molecule has 0 unspecified atom stereocenters. The third-order valence-corrected chi connectivity index (χ3v) is 3.39. The third kappa shape index (κ3) is 2.25. The van der Waals surface area contributed by atoms with Crippen LogP contribution in [0.3, 0.4) is 0 Å². The lowest BCUT2D eigenvalue weighted by Gasteiger charge is -2.25. The van der Waals surface area contributed by atoms with E-state index < -0.39 is 0 Å². The van der Waals surface area contributed by atoms with Crippen molar-refractivity contribution in [2.75, 3.05) is 6.54 Å². The van der Waals surface area contributed by atoms with E-state index in [4.69, 9.17) is 11.6 Å². The van der Waals surface area contributed by atoms with Gasteiger partial charge in [-0.1, -0.05) is 11.6 Å². The second kappa shape index (κ2) is 4.28. The van der Waals surface area contributed by atoms with Crippen LogP contribution in [0, 0.1) is 0 Å². The topological polar surface area (TPSA) is 33.2 Å². The molecule has 3 nitrogen and oxygen atoms in total. The van der Waals surface area contributed by atoms with E-state index in [9.17, 15) is 4.79 Å². The third-order valence-electron chi connectivity index (χ3n) is 2.29. The van der Waals surface area contributed by atoms with Crippen molar-refractivity contribution < 1.29 is 4.79 Å². The van der Waals surface area contributed by atoms with Crippen molar-refractivity contribution in [3.05, 3.63) is 15.5 Å². The first-order valence-corrected chi connectivity index (χ1v) is 5.83. The van der Waals surface area contributed by atoms with Crippen LogP contribution in [0.4, 0.5) is 0 Å². The van der Waals surface area contributed by atoms with E-state index in [1.54, 1.807) is 6.20 Å². The lowest BCUT2D eigenvalue weighted by atomic mass is 10.1. The summed E-state index contributed by atoms with van der Waals surface area (Å²) in [4.78, 5) is 18.4. The number of carbonyl (C=O) groups excluding carboxylic acids is 1. The highest BCUT2D eigenvalue weighted by Gasteiger charge is 2.18. The van der Waals surface area contributed by atoms with Gasteiger partial charge in [0.2, 0.25) is 5.91 Å². The van der Waals surface area contributed by atoms with E-state index in [1.165, 1.54) is 11.3 Å². The predicted octanol–water partition coefficient (Wildman–Crippen LogP) is 2.31. The van der Waals surface area contributed by atoms with Gasteiger partial charge in [0.15, 0.2) is 4.47 Å². The van der Waals surface area contributed by atoms with Gasteiger partial charge in [-0.2, -0.15) is 0 Å².